The minimum Gasteiger partial charge on any atom is -0.308 e. The minimum atomic E-state index is -3.72. The minimum absolute atomic E-state index is 0.112. The van der Waals surface area contributed by atoms with Gasteiger partial charge in [0, 0.05) is 11.4 Å². The lowest BCUT2D eigenvalue weighted by Gasteiger charge is -2.12. The summed E-state index contributed by atoms with van der Waals surface area (Å²) < 4.78 is 27.8. The van der Waals surface area contributed by atoms with Gasteiger partial charge in [0.2, 0.25) is 0 Å². The molecule has 2 amide bonds. The van der Waals surface area contributed by atoms with Crippen LogP contribution >= 0.6 is 0 Å². The first kappa shape index (κ1) is 20.4. The van der Waals surface area contributed by atoms with Gasteiger partial charge in [-0.3, -0.25) is 4.72 Å². The molecule has 3 N–H and O–H groups in total. The Labute approximate surface area is 171 Å². The van der Waals surface area contributed by atoms with Crippen LogP contribution in [0.3, 0.4) is 0 Å². The van der Waals surface area contributed by atoms with Crippen molar-refractivity contribution in [3.05, 3.63) is 83.4 Å². The van der Waals surface area contributed by atoms with Gasteiger partial charge in [-0.25, -0.2) is 13.2 Å². The number of para-hydroxylation sites is 1. The molecule has 29 heavy (non-hydrogen) atoms. The normalized spacial score (nSPS) is 11.0. The first-order chi connectivity index (χ1) is 13.8. The lowest BCUT2D eigenvalue weighted by atomic mass is 10.1. The molecule has 3 aromatic carbocycles. The van der Waals surface area contributed by atoms with E-state index < -0.39 is 16.1 Å². The van der Waals surface area contributed by atoms with Crippen molar-refractivity contribution in [2.75, 3.05) is 15.4 Å². The van der Waals surface area contributed by atoms with Crippen molar-refractivity contribution in [2.45, 2.75) is 25.7 Å². The van der Waals surface area contributed by atoms with Crippen LogP contribution in [0.4, 0.5) is 21.9 Å². The number of hydrogen-bond acceptors (Lipinski definition) is 3. The van der Waals surface area contributed by atoms with Crippen molar-refractivity contribution in [1.29, 1.82) is 0 Å². The van der Waals surface area contributed by atoms with E-state index in [1.54, 1.807) is 24.3 Å². The van der Waals surface area contributed by atoms with Gasteiger partial charge in [0.1, 0.15) is 0 Å². The number of aryl methyl sites for hydroxylation is 2. The summed E-state index contributed by atoms with van der Waals surface area (Å²) in [5.41, 5.74) is 4.65. The summed E-state index contributed by atoms with van der Waals surface area (Å²) in [7, 11) is -3.72. The molecular formula is C22H23N3O3S. The van der Waals surface area contributed by atoms with E-state index in [0.29, 0.717) is 11.4 Å². The maximum Gasteiger partial charge on any atom is 0.323 e. The Morgan fingerprint density at radius 1 is 0.724 bits per heavy atom. The standard InChI is InChI=1S/C22H23N3O3S/c1-15-8-6-10-21(17(15)3)24-22(26)23-18-11-13-19(14-12-18)29(27,28)25-20-9-5-4-7-16(20)2/h4-14,25H,1-3H3,(H2,23,24,26). The molecule has 0 heterocycles. The van der Waals surface area contributed by atoms with Crippen LogP contribution in [0.25, 0.3) is 0 Å². The van der Waals surface area contributed by atoms with Crippen molar-refractivity contribution >= 4 is 33.1 Å². The SMILES string of the molecule is Cc1ccccc1NS(=O)(=O)c1ccc(NC(=O)Nc2cccc(C)c2C)cc1. The Morgan fingerprint density at radius 2 is 1.34 bits per heavy atom. The molecule has 0 aliphatic carbocycles. The van der Waals surface area contributed by atoms with E-state index in [1.165, 1.54) is 12.1 Å². The molecular weight excluding hydrogens is 386 g/mol. The second kappa shape index (κ2) is 8.36. The van der Waals surface area contributed by atoms with Gasteiger partial charge in [-0.15, -0.1) is 0 Å². The zero-order valence-corrected chi connectivity index (χ0v) is 17.3. The topological polar surface area (TPSA) is 87.3 Å². The predicted molar refractivity (Wildman–Crippen MR) is 117 cm³/mol. The predicted octanol–water partition coefficient (Wildman–Crippen LogP) is 5.06. The number of nitrogens with one attached hydrogen (secondary N) is 3. The number of carbonyl (C=O) groups is 1. The largest absolute Gasteiger partial charge is 0.323 e. The molecule has 3 aromatic rings. The number of hydrogen-bond donors (Lipinski definition) is 3. The molecule has 0 aliphatic heterocycles. The fourth-order valence-corrected chi connectivity index (χ4v) is 3.91. The number of carbonyl (C=O) groups excluding carboxylic acids is 1. The van der Waals surface area contributed by atoms with E-state index in [0.717, 1.165) is 22.4 Å². The van der Waals surface area contributed by atoms with E-state index in [1.807, 2.05) is 51.1 Å². The van der Waals surface area contributed by atoms with E-state index in [4.69, 9.17) is 0 Å². The van der Waals surface area contributed by atoms with Crippen molar-refractivity contribution in [3.63, 3.8) is 0 Å². The summed E-state index contributed by atoms with van der Waals surface area (Å²) in [4.78, 5) is 12.4. The summed E-state index contributed by atoms with van der Waals surface area (Å²) in [5, 5.41) is 5.51. The molecule has 3 rings (SSSR count). The maximum atomic E-state index is 12.6. The van der Waals surface area contributed by atoms with E-state index in [9.17, 15) is 13.2 Å². The van der Waals surface area contributed by atoms with Crippen LogP contribution in [-0.2, 0) is 10.0 Å². The Morgan fingerprint density at radius 3 is 2.03 bits per heavy atom. The molecule has 150 valence electrons. The molecule has 7 heteroatoms. The molecule has 0 aliphatic rings. The summed E-state index contributed by atoms with van der Waals surface area (Å²) >= 11 is 0. The summed E-state index contributed by atoms with van der Waals surface area (Å²) in [6.07, 6.45) is 0. The van der Waals surface area contributed by atoms with Gasteiger partial charge in [-0.1, -0.05) is 30.3 Å². The first-order valence-corrected chi connectivity index (χ1v) is 10.6. The van der Waals surface area contributed by atoms with Crippen LogP contribution < -0.4 is 15.4 Å². The molecule has 0 unspecified atom stereocenters. The average Bonchev–Trinajstić information content (AvgIpc) is 2.67. The number of benzene rings is 3. The van der Waals surface area contributed by atoms with Crippen molar-refractivity contribution < 1.29 is 13.2 Å². The highest BCUT2D eigenvalue weighted by Gasteiger charge is 2.15. The fourth-order valence-electron chi connectivity index (χ4n) is 2.78. The molecule has 0 aromatic heterocycles. The second-order valence-corrected chi connectivity index (χ2v) is 8.45. The number of anilines is 3. The number of rotatable bonds is 5. The highest BCUT2D eigenvalue weighted by Crippen LogP contribution is 2.21. The fraction of sp³-hybridized carbons (Fsp3) is 0.136. The van der Waals surface area contributed by atoms with Gasteiger partial charge < -0.3 is 10.6 Å². The van der Waals surface area contributed by atoms with E-state index in [-0.39, 0.29) is 4.90 Å². The van der Waals surface area contributed by atoms with Gasteiger partial charge in [0.15, 0.2) is 0 Å². The van der Waals surface area contributed by atoms with Gasteiger partial charge >= 0.3 is 6.03 Å². The quantitative estimate of drug-likeness (QED) is 0.551. The van der Waals surface area contributed by atoms with Gasteiger partial charge in [-0.05, 0) is 73.9 Å². The molecule has 0 saturated heterocycles. The third kappa shape index (κ3) is 4.94. The molecule has 0 radical (unpaired) electrons. The Bertz CT molecular complexity index is 1140. The maximum absolute atomic E-state index is 12.6. The van der Waals surface area contributed by atoms with Crippen molar-refractivity contribution in [2.24, 2.45) is 0 Å². The van der Waals surface area contributed by atoms with Crippen LogP contribution in [0.5, 0.6) is 0 Å². The molecule has 0 fully saturated rings. The third-order valence-corrected chi connectivity index (χ3v) is 6.05. The van der Waals surface area contributed by atoms with Crippen LogP contribution in [0, 0.1) is 20.8 Å². The summed E-state index contributed by atoms with van der Waals surface area (Å²) in [5.74, 6) is 0. The third-order valence-electron chi connectivity index (χ3n) is 4.66. The van der Waals surface area contributed by atoms with E-state index in [2.05, 4.69) is 15.4 Å². The number of amides is 2. The Balaban J connectivity index is 1.69. The second-order valence-electron chi connectivity index (χ2n) is 6.77. The monoisotopic (exact) mass is 409 g/mol. The van der Waals surface area contributed by atoms with Crippen molar-refractivity contribution in [3.8, 4) is 0 Å². The molecule has 0 bridgehead atoms. The van der Waals surface area contributed by atoms with Crippen molar-refractivity contribution in [1.82, 2.24) is 0 Å². The zero-order valence-electron chi connectivity index (χ0n) is 16.5. The number of sulfonamides is 1. The first-order valence-electron chi connectivity index (χ1n) is 9.09. The van der Waals surface area contributed by atoms with E-state index >= 15 is 0 Å². The molecule has 6 nitrogen and oxygen atoms in total. The lowest BCUT2D eigenvalue weighted by Crippen LogP contribution is -2.20. The molecule has 0 atom stereocenters. The molecule has 0 saturated carbocycles. The summed E-state index contributed by atoms with van der Waals surface area (Å²) in [6, 6.07) is 18.4. The Hall–Kier alpha value is -3.32. The van der Waals surface area contributed by atoms with Gasteiger partial charge in [0.25, 0.3) is 10.0 Å². The smallest absolute Gasteiger partial charge is 0.308 e. The van der Waals surface area contributed by atoms with Crippen LogP contribution in [0.2, 0.25) is 0 Å². The Kier molecular flexibility index (Phi) is 5.89. The van der Waals surface area contributed by atoms with Crippen LogP contribution in [0.1, 0.15) is 16.7 Å². The highest BCUT2D eigenvalue weighted by atomic mass is 32.2. The number of urea groups is 1. The zero-order chi connectivity index (χ0) is 21.0. The highest BCUT2D eigenvalue weighted by molar-refractivity contribution is 7.92. The average molecular weight is 410 g/mol. The van der Waals surface area contributed by atoms with Crippen LogP contribution in [0.15, 0.2) is 71.6 Å². The van der Waals surface area contributed by atoms with Gasteiger partial charge in [-0.2, -0.15) is 0 Å². The lowest BCUT2D eigenvalue weighted by molar-refractivity contribution is 0.262. The summed E-state index contributed by atoms with van der Waals surface area (Å²) in [6.45, 7) is 5.74. The van der Waals surface area contributed by atoms with Gasteiger partial charge in [0.05, 0.1) is 10.6 Å². The van der Waals surface area contributed by atoms with Crippen LogP contribution in [-0.4, -0.2) is 14.4 Å². The molecule has 0 spiro atoms.